The van der Waals surface area contributed by atoms with Crippen LogP contribution in [0.5, 0.6) is 0 Å². The smallest absolute Gasteiger partial charge is 0.235 e. The molecule has 2 aromatic carbocycles. The lowest BCUT2D eigenvalue weighted by Gasteiger charge is -2.22. The number of aryl methyl sites for hydroxylation is 1. The number of rotatable bonds is 2. The van der Waals surface area contributed by atoms with Crippen molar-refractivity contribution in [2.24, 2.45) is 0 Å². The van der Waals surface area contributed by atoms with E-state index in [-0.39, 0.29) is 5.91 Å². The van der Waals surface area contributed by atoms with Gasteiger partial charge in [-0.1, -0.05) is 41.4 Å². The Morgan fingerprint density at radius 1 is 1.15 bits per heavy atom. The van der Waals surface area contributed by atoms with Crippen molar-refractivity contribution in [3.63, 3.8) is 0 Å². The summed E-state index contributed by atoms with van der Waals surface area (Å²) in [5, 5.41) is 3.61. The summed E-state index contributed by atoms with van der Waals surface area (Å²) in [7, 11) is 0. The number of hydrogen-bond donors (Lipinski definition) is 1. The zero-order chi connectivity index (χ0) is 14.3. The van der Waals surface area contributed by atoms with E-state index < -0.39 is 5.41 Å². The number of amides is 1. The number of carbonyl (C=O) groups excluding carboxylic acids is 1. The summed E-state index contributed by atoms with van der Waals surface area (Å²) in [6.45, 7) is 4.03. The predicted octanol–water partition coefficient (Wildman–Crippen LogP) is 4.10. The highest BCUT2D eigenvalue weighted by molar-refractivity contribution is 6.31. The fourth-order valence-electron chi connectivity index (χ4n) is 2.75. The number of hydrogen-bond acceptors (Lipinski definition) is 1. The summed E-state index contributed by atoms with van der Waals surface area (Å²) < 4.78 is 0. The molecule has 1 unspecified atom stereocenters. The lowest BCUT2D eigenvalue weighted by atomic mass is 9.78. The maximum atomic E-state index is 12.4. The monoisotopic (exact) mass is 285 g/mol. The van der Waals surface area contributed by atoms with Crippen molar-refractivity contribution in [1.82, 2.24) is 0 Å². The fraction of sp³-hybridized carbons (Fsp3) is 0.235. The Morgan fingerprint density at radius 3 is 2.55 bits per heavy atom. The van der Waals surface area contributed by atoms with Gasteiger partial charge in [-0.15, -0.1) is 0 Å². The Bertz CT molecular complexity index is 678. The van der Waals surface area contributed by atoms with Crippen molar-refractivity contribution in [1.29, 1.82) is 0 Å². The van der Waals surface area contributed by atoms with Crippen molar-refractivity contribution in [3.05, 3.63) is 64.2 Å². The van der Waals surface area contributed by atoms with E-state index in [0.717, 1.165) is 16.8 Å². The zero-order valence-corrected chi connectivity index (χ0v) is 12.3. The van der Waals surface area contributed by atoms with Gasteiger partial charge in [-0.2, -0.15) is 0 Å². The number of halogens is 1. The molecule has 1 aliphatic heterocycles. The SMILES string of the molecule is Cc1ccc(CC2(C)C(=O)Nc3ccc(Cl)cc32)cc1. The lowest BCUT2D eigenvalue weighted by molar-refractivity contribution is -0.120. The highest BCUT2D eigenvalue weighted by Crippen LogP contribution is 2.41. The van der Waals surface area contributed by atoms with Gasteiger partial charge in [-0.05, 0) is 49.6 Å². The predicted molar refractivity (Wildman–Crippen MR) is 82.3 cm³/mol. The van der Waals surface area contributed by atoms with Gasteiger partial charge in [-0.3, -0.25) is 4.79 Å². The van der Waals surface area contributed by atoms with Gasteiger partial charge >= 0.3 is 0 Å². The second-order valence-electron chi connectivity index (χ2n) is 5.64. The second kappa shape index (κ2) is 4.64. The summed E-state index contributed by atoms with van der Waals surface area (Å²) in [5.74, 6) is 0.0374. The van der Waals surface area contributed by atoms with E-state index in [1.807, 2.05) is 19.1 Å². The third-order valence-electron chi connectivity index (χ3n) is 4.00. The van der Waals surface area contributed by atoms with Crippen LogP contribution in [0.4, 0.5) is 5.69 Å². The standard InChI is InChI=1S/C17H16ClNO/c1-11-3-5-12(6-4-11)10-17(2)14-9-13(18)7-8-15(14)19-16(17)20/h3-9H,10H2,1-2H3,(H,19,20). The number of benzene rings is 2. The van der Waals surface area contributed by atoms with Crippen LogP contribution in [0.2, 0.25) is 5.02 Å². The molecule has 3 heteroatoms. The van der Waals surface area contributed by atoms with Crippen LogP contribution in [0.3, 0.4) is 0 Å². The summed E-state index contributed by atoms with van der Waals surface area (Å²) >= 11 is 6.08. The highest BCUT2D eigenvalue weighted by atomic mass is 35.5. The minimum Gasteiger partial charge on any atom is -0.325 e. The maximum absolute atomic E-state index is 12.4. The van der Waals surface area contributed by atoms with E-state index in [1.165, 1.54) is 5.56 Å². The zero-order valence-electron chi connectivity index (χ0n) is 11.5. The topological polar surface area (TPSA) is 29.1 Å². The van der Waals surface area contributed by atoms with Gasteiger partial charge in [0.05, 0.1) is 5.41 Å². The van der Waals surface area contributed by atoms with Gasteiger partial charge < -0.3 is 5.32 Å². The third-order valence-corrected chi connectivity index (χ3v) is 4.24. The third kappa shape index (κ3) is 2.10. The molecular formula is C17H16ClNO. The number of carbonyl (C=O) groups is 1. The largest absolute Gasteiger partial charge is 0.325 e. The molecule has 102 valence electrons. The molecule has 1 amide bonds. The van der Waals surface area contributed by atoms with Crippen molar-refractivity contribution in [3.8, 4) is 0 Å². The lowest BCUT2D eigenvalue weighted by Crippen LogP contribution is -2.33. The molecule has 0 fully saturated rings. The molecule has 1 heterocycles. The van der Waals surface area contributed by atoms with Crippen LogP contribution in [0, 0.1) is 6.92 Å². The number of anilines is 1. The van der Waals surface area contributed by atoms with E-state index in [0.29, 0.717) is 11.4 Å². The molecule has 2 nitrogen and oxygen atoms in total. The highest BCUT2D eigenvalue weighted by Gasteiger charge is 2.42. The summed E-state index contributed by atoms with van der Waals surface area (Å²) in [6.07, 6.45) is 0.673. The van der Waals surface area contributed by atoms with Gasteiger partial charge in [0.2, 0.25) is 5.91 Å². The Balaban J connectivity index is 2.01. The summed E-state index contributed by atoms with van der Waals surface area (Å²) in [5.41, 5.74) is 3.67. The molecular weight excluding hydrogens is 270 g/mol. The van der Waals surface area contributed by atoms with Crippen molar-refractivity contribution < 1.29 is 4.79 Å². The molecule has 1 N–H and O–H groups in total. The van der Waals surface area contributed by atoms with Crippen molar-refractivity contribution >= 4 is 23.2 Å². The van der Waals surface area contributed by atoms with E-state index in [9.17, 15) is 4.79 Å². The van der Waals surface area contributed by atoms with E-state index >= 15 is 0 Å². The van der Waals surface area contributed by atoms with Crippen LogP contribution >= 0.6 is 11.6 Å². The quantitative estimate of drug-likeness (QED) is 0.884. The molecule has 0 radical (unpaired) electrons. The minimum absolute atomic E-state index is 0.0374. The van der Waals surface area contributed by atoms with Crippen LogP contribution < -0.4 is 5.32 Å². The molecule has 20 heavy (non-hydrogen) atoms. The Labute approximate surface area is 123 Å². The van der Waals surface area contributed by atoms with Crippen LogP contribution in [0.25, 0.3) is 0 Å². The average Bonchev–Trinajstić information content (AvgIpc) is 2.65. The van der Waals surface area contributed by atoms with Gasteiger partial charge in [-0.25, -0.2) is 0 Å². The number of fused-ring (bicyclic) bond motifs is 1. The van der Waals surface area contributed by atoms with Crippen molar-refractivity contribution in [2.45, 2.75) is 25.7 Å². The first-order valence-corrected chi connectivity index (χ1v) is 7.04. The maximum Gasteiger partial charge on any atom is 0.235 e. The van der Waals surface area contributed by atoms with Gasteiger partial charge in [0.15, 0.2) is 0 Å². The first kappa shape index (κ1) is 13.2. The molecule has 2 aromatic rings. The fourth-order valence-corrected chi connectivity index (χ4v) is 2.93. The Morgan fingerprint density at radius 2 is 1.85 bits per heavy atom. The molecule has 0 saturated heterocycles. The van der Waals surface area contributed by atoms with Gasteiger partial charge in [0, 0.05) is 10.7 Å². The molecule has 0 spiro atoms. The van der Waals surface area contributed by atoms with Gasteiger partial charge in [0.1, 0.15) is 0 Å². The molecule has 1 aliphatic rings. The molecule has 0 aliphatic carbocycles. The van der Waals surface area contributed by atoms with Crippen LogP contribution in [-0.4, -0.2) is 5.91 Å². The molecule has 0 saturated carbocycles. The Hall–Kier alpha value is -1.80. The van der Waals surface area contributed by atoms with Gasteiger partial charge in [0.25, 0.3) is 0 Å². The first-order chi connectivity index (χ1) is 9.49. The van der Waals surface area contributed by atoms with Crippen LogP contribution in [0.1, 0.15) is 23.6 Å². The van der Waals surface area contributed by atoms with E-state index in [1.54, 1.807) is 6.07 Å². The summed E-state index contributed by atoms with van der Waals surface area (Å²) in [6, 6.07) is 13.9. The Kier molecular flexibility index (Phi) is 3.06. The average molecular weight is 286 g/mol. The summed E-state index contributed by atoms with van der Waals surface area (Å²) in [4.78, 5) is 12.4. The normalized spacial score (nSPS) is 20.6. The molecule has 3 rings (SSSR count). The minimum atomic E-state index is -0.560. The first-order valence-electron chi connectivity index (χ1n) is 6.66. The molecule has 1 atom stereocenters. The molecule has 0 bridgehead atoms. The van der Waals surface area contributed by atoms with Crippen LogP contribution in [0.15, 0.2) is 42.5 Å². The molecule has 0 aromatic heterocycles. The second-order valence-corrected chi connectivity index (χ2v) is 6.07. The van der Waals surface area contributed by atoms with E-state index in [2.05, 4.69) is 36.5 Å². The van der Waals surface area contributed by atoms with Crippen LogP contribution in [-0.2, 0) is 16.6 Å². The van der Waals surface area contributed by atoms with Crippen molar-refractivity contribution in [2.75, 3.05) is 5.32 Å². The van der Waals surface area contributed by atoms with E-state index in [4.69, 9.17) is 11.6 Å². The number of nitrogens with one attached hydrogen (secondary N) is 1.